The lowest BCUT2D eigenvalue weighted by atomic mass is 10.1. The first-order valence-corrected chi connectivity index (χ1v) is 8.10. The Morgan fingerprint density at radius 2 is 1.96 bits per heavy atom. The summed E-state index contributed by atoms with van der Waals surface area (Å²) in [7, 11) is 0. The molecular weight excluding hydrogens is 334 g/mol. The van der Waals surface area contributed by atoms with Crippen LogP contribution in [0.4, 0.5) is 8.78 Å². The molecule has 1 aromatic carbocycles. The van der Waals surface area contributed by atoms with Gasteiger partial charge in [-0.2, -0.15) is 0 Å². The van der Waals surface area contributed by atoms with E-state index in [0.29, 0.717) is 22.7 Å². The fraction of sp³-hybridized carbons (Fsp3) is 0.250. The molecule has 0 aliphatic rings. The Bertz CT molecular complexity index is 941. The maximum Gasteiger partial charge on any atom is 0.197 e. The van der Waals surface area contributed by atoms with E-state index in [4.69, 9.17) is 0 Å². The van der Waals surface area contributed by atoms with Gasteiger partial charge in [0, 0.05) is 17.8 Å². The van der Waals surface area contributed by atoms with Crippen molar-refractivity contribution in [1.82, 2.24) is 19.6 Å². The Morgan fingerprint density at radius 1 is 1.21 bits per heavy atom. The van der Waals surface area contributed by atoms with Crippen LogP contribution in [0.25, 0.3) is 5.65 Å². The molecule has 3 rings (SSSR count). The summed E-state index contributed by atoms with van der Waals surface area (Å²) < 4.78 is 28.5. The summed E-state index contributed by atoms with van der Waals surface area (Å²) in [5.41, 5.74) is 1.31. The van der Waals surface area contributed by atoms with Gasteiger partial charge in [0.2, 0.25) is 0 Å². The lowest BCUT2D eigenvalue weighted by Gasteiger charge is -2.10. The third-order valence-electron chi connectivity index (χ3n) is 3.51. The van der Waals surface area contributed by atoms with Crippen molar-refractivity contribution in [2.45, 2.75) is 31.2 Å². The van der Waals surface area contributed by atoms with Gasteiger partial charge in [-0.3, -0.25) is 9.20 Å². The predicted molar refractivity (Wildman–Crippen MR) is 86.3 cm³/mol. The van der Waals surface area contributed by atoms with E-state index in [0.717, 1.165) is 29.6 Å². The first-order valence-electron chi connectivity index (χ1n) is 7.22. The molecule has 0 saturated heterocycles. The van der Waals surface area contributed by atoms with E-state index in [1.807, 2.05) is 13.8 Å². The van der Waals surface area contributed by atoms with Crippen LogP contribution < -0.4 is 0 Å². The minimum atomic E-state index is -0.868. The molecule has 1 unspecified atom stereocenters. The van der Waals surface area contributed by atoms with Gasteiger partial charge in [-0.15, -0.1) is 10.2 Å². The quantitative estimate of drug-likeness (QED) is 0.534. The summed E-state index contributed by atoms with van der Waals surface area (Å²) in [5.74, 6) is -1.33. The van der Waals surface area contributed by atoms with E-state index in [2.05, 4.69) is 15.2 Å². The van der Waals surface area contributed by atoms with Crippen molar-refractivity contribution in [2.24, 2.45) is 0 Å². The number of ketones is 1. The molecule has 0 aliphatic carbocycles. The van der Waals surface area contributed by atoms with Crippen LogP contribution in [0.1, 0.15) is 28.8 Å². The molecule has 24 heavy (non-hydrogen) atoms. The van der Waals surface area contributed by atoms with Gasteiger partial charge in [-0.25, -0.2) is 13.8 Å². The Hall–Kier alpha value is -2.35. The summed E-state index contributed by atoms with van der Waals surface area (Å²) in [6, 6.07) is 4.71. The van der Waals surface area contributed by atoms with E-state index in [1.54, 1.807) is 17.4 Å². The molecule has 0 saturated carbocycles. The van der Waals surface area contributed by atoms with Gasteiger partial charge in [0.1, 0.15) is 17.5 Å². The lowest BCUT2D eigenvalue weighted by molar-refractivity contribution is 0.0990. The number of hydrogen-bond donors (Lipinski definition) is 0. The summed E-state index contributed by atoms with van der Waals surface area (Å²) in [5, 5.41) is 8.04. The topological polar surface area (TPSA) is 60.2 Å². The maximum atomic E-state index is 13.8. The van der Waals surface area contributed by atoms with Crippen molar-refractivity contribution in [3.63, 3.8) is 0 Å². The Balaban J connectivity index is 1.89. The molecule has 2 aromatic heterocycles. The number of Topliss-reactive ketones (excluding diaryl/α,β-unsaturated/α-hetero) is 1. The Kier molecular flexibility index (Phi) is 4.31. The molecule has 0 amide bonds. The summed E-state index contributed by atoms with van der Waals surface area (Å²) in [6.07, 6.45) is 0. The number of benzene rings is 1. The van der Waals surface area contributed by atoms with Crippen LogP contribution in [0.5, 0.6) is 0 Å². The monoisotopic (exact) mass is 348 g/mol. The molecule has 124 valence electrons. The third kappa shape index (κ3) is 3.01. The molecule has 1 atom stereocenters. The molecule has 0 radical (unpaired) electrons. The van der Waals surface area contributed by atoms with E-state index in [9.17, 15) is 13.6 Å². The Morgan fingerprint density at radius 3 is 2.67 bits per heavy atom. The number of hydrogen-bond acceptors (Lipinski definition) is 5. The average Bonchev–Trinajstić information content (AvgIpc) is 2.89. The minimum absolute atomic E-state index is 0.143. The zero-order valence-corrected chi connectivity index (χ0v) is 14.1. The van der Waals surface area contributed by atoms with Gasteiger partial charge in [-0.1, -0.05) is 11.8 Å². The highest BCUT2D eigenvalue weighted by Gasteiger charge is 2.23. The van der Waals surface area contributed by atoms with Gasteiger partial charge in [0.25, 0.3) is 0 Å². The number of rotatable bonds is 4. The fourth-order valence-corrected chi connectivity index (χ4v) is 3.37. The molecule has 0 spiro atoms. The van der Waals surface area contributed by atoms with Gasteiger partial charge >= 0.3 is 0 Å². The van der Waals surface area contributed by atoms with Crippen molar-refractivity contribution in [3.8, 4) is 0 Å². The van der Waals surface area contributed by atoms with E-state index < -0.39 is 22.7 Å². The number of carbonyl (C=O) groups excluding carboxylic acids is 1. The van der Waals surface area contributed by atoms with Gasteiger partial charge in [0.05, 0.1) is 10.8 Å². The van der Waals surface area contributed by atoms with Crippen molar-refractivity contribution >= 4 is 23.2 Å². The lowest BCUT2D eigenvalue weighted by Crippen LogP contribution is -2.16. The van der Waals surface area contributed by atoms with Crippen molar-refractivity contribution in [2.75, 3.05) is 0 Å². The largest absolute Gasteiger partial charge is 0.293 e. The second kappa shape index (κ2) is 6.27. The third-order valence-corrected chi connectivity index (χ3v) is 4.55. The molecule has 0 N–H and O–H groups in total. The standard InChI is InChI=1S/C16H14F2N4OS/c1-8-6-14-20-21-16(22(14)10(3)19-8)24-9(2)15(23)12-5-4-11(17)7-13(12)18/h4-7,9H,1-3H3. The van der Waals surface area contributed by atoms with E-state index in [-0.39, 0.29) is 5.56 Å². The number of nitrogens with zero attached hydrogens (tertiary/aromatic N) is 4. The molecule has 5 nitrogen and oxygen atoms in total. The van der Waals surface area contributed by atoms with Gasteiger partial charge < -0.3 is 0 Å². The number of aromatic nitrogens is 4. The molecule has 0 bridgehead atoms. The van der Waals surface area contributed by atoms with Crippen molar-refractivity contribution in [1.29, 1.82) is 0 Å². The molecule has 0 aliphatic heterocycles. The highest BCUT2D eigenvalue weighted by Crippen LogP contribution is 2.26. The number of fused-ring (bicyclic) bond motifs is 1. The van der Waals surface area contributed by atoms with Crippen LogP contribution in [0.2, 0.25) is 0 Å². The highest BCUT2D eigenvalue weighted by molar-refractivity contribution is 8.00. The first-order chi connectivity index (χ1) is 11.4. The molecule has 3 aromatic rings. The molecule has 8 heteroatoms. The number of aryl methyl sites for hydroxylation is 2. The summed E-state index contributed by atoms with van der Waals surface area (Å²) in [6.45, 7) is 5.32. The maximum absolute atomic E-state index is 13.8. The number of carbonyl (C=O) groups is 1. The highest BCUT2D eigenvalue weighted by atomic mass is 32.2. The van der Waals surface area contributed by atoms with Crippen LogP contribution in [0, 0.1) is 25.5 Å². The van der Waals surface area contributed by atoms with Gasteiger partial charge in [0.15, 0.2) is 16.6 Å². The smallest absolute Gasteiger partial charge is 0.197 e. The van der Waals surface area contributed by atoms with Crippen molar-refractivity contribution < 1.29 is 13.6 Å². The first kappa shape index (κ1) is 16.5. The second-order valence-corrected chi connectivity index (χ2v) is 6.68. The number of halogens is 2. The second-order valence-electron chi connectivity index (χ2n) is 5.37. The summed E-state index contributed by atoms with van der Waals surface area (Å²) >= 11 is 1.15. The normalized spacial score (nSPS) is 12.5. The van der Waals surface area contributed by atoms with Crippen LogP contribution in [-0.4, -0.2) is 30.6 Å². The van der Waals surface area contributed by atoms with E-state index in [1.165, 1.54) is 0 Å². The minimum Gasteiger partial charge on any atom is -0.293 e. The summed E-state index contributed by atoms with van der Waals surface area (Å²) in [4.78, 5) is 16.8. The van der Waals surface area contributed by atoms with Crippen LogP contribution in [-0.2, 0) is 0 Å². The van der Waals surface area contributed by atoms with Crippen LogP contribution in [0.15, 0.2) is 29.4 Å². The fourth-order valence-electron chi connectivity index (χ4n) is 2.40. The van der Waals surface area contributed by atoms with Gasteiger partial charge in [-0.05, 0) is 32.9 Å². The predicted octanol–water partition coefficient (Wildman–Crippen LogP) is 3.38. The number of thioether (sulfide) groups is 1. The molecule has 0 fully saturated rings. The van der Waals surface area contributed by atoms with Crippen molar-refractivity contribution in [3.05, 3.63) is 53.0 Å². The Labute approximate surface area is 141 Å². The SMILES string of the molecule is Cc1cc2nnc(SC(C)C(=O)c3ccc(F)cc3F)n2c(C)n1. The zero-order valence-electron chi connectivity index (χ0n) is 13.2. The van der Waals surface area contributed by atoms with Crippen LogP contribution >= 0.6 is 11.8 Å². The zero-order chi connectivity index (χ0) is 17.4. The average molecular weight is 348 g/mol. The van der Waals surface area contributed by atoms with E-state index >= 15 is 0 Å². The molecular formula is C16H14F2N4OS. The van der Waals surface area contributed by atoms with Crippen LogP contribution in [0.3, 0.4) is 0 Å². The molecule has 2 heterocycles.